The highest BCUT2D eigenvalue weighted by Gasteiger charge is 2.41. The third-order valence-electron chi connectivity index (χ3n) is 4.46. The van der Waals surface area contributed by atoms with Crippen LogP contribution in [-0.4, -0.2) is 66.1 Å². The van der Waals surface area contributed by atoms with Crippen LogP contribution in [0.4, 0.5) is 13.2 Å². The van der Waals surface area contributed by atoms with Crippen molar-refractivity contribution in [2.45, 2.75) is 24.7 Å². The summed E-state index contributed by atoms with van der Waals surface area (Å²) in [6, 6.07) is 2.56. The number of fused-ring (bicyclic) bond motifs is 1. The Morgan fingerprint density at radius 1 is 1.39 bits per heavy atom. The van der Waals surface area contributed by atoms with Crippen LogP contribution in [0.15, 0.2) is 18.3 Å². The number of carbonyl (C=O) groups is 1. The molecule has 1 aromatic heterocycles. The highest BCUT2D eigenvalue weighted by molar-refractivity contribution is 5.95. The molecule has 1 amide bonds. The maximum Gasteiger partial charge on any atom is 0.434 e. The van der Waals surface area contributed by atoms with E-state index in [1.165, 1.54) is 17.0 Å². The minimum atomic E-state index is -4.64. The summed E-state index contributed by atoms with van der Waals surface area (Å²) in [5, 5.41) is 0. The quantitative estimate of drug-likeness (QED) is 0.786. The van der Waals surface area contributed by atoms with Crippen molar-refractivity contribution in [3.63, 3.8) is 0 Å². The molecule has 0 spiro atoms. The van der Waals surface area contributed by atoms with Gasteiger partial charge in [-0.3, -0.25) is 14.7 Å². The number of morpholine rings is 1. The number of rotatable bonds is 1. The maximum atomic E-state index is 13.0. The summed E-state index contributed by atoms with van der Waals surface area (Å²) >= 11 is 0. The van der Waals surface area contributed by atoms with Crippen molar-refractivity contribution >= 4 is 5.91 Å². The zero-order chi connectivity index (χ0) is 16.6. The fourth-order valence-corrected chi connectivity index (χ4v) is 3.20. The molecule has 0 aliphatic carbocycles. The van der Waals surface area contributed by atoms with Gasteiger partial charge in [-0.25, -0.2) is 0 Å². The first-order valence-corrected chi connectivity index (χ1v) is 7.51. The highest BCUT2D eigenvalue weighted by Crippen LogP contribution is 2.31. The van der Waals surface area contributed by atoms with E-state index < -0.39 is 23.3 Å². The van der Waals surface area contributed by atoms with E-state index in [0.29, 0.717) is 26.1 Å². The molecule has 0 aromatic carbocycles. The first-order chi connectivity index (χ1) is 10.9. The van der Waals surface area contributed by atoms with Crippen molar-refractivity contribution in [2.75, 3.05) is 33.3 Å². The van der Waals surface area contributed by atoms with Gasteiger partial charge in [0.1, 0.15) is 0 Å². The zero-order valence-corrected chi connectivity index (χ0v) is 12.7. The monoisotopic (exact) mass is 329 g/mol. The Labute approximate surface area is 132 Å². The molecule has 2 saturated heterocycles. The summed E-state index contributed by atoms with van der Waals surface area (Å²) < 4.78 is 44.8. The molecule has 2 aliphatic rings. The summed E-state index contributed by atoms with van der Waals surface area (Å²) in [5.74, 6) is -0.622. The number of pyridine rings is 1. The molecule has 2 fully saturated rings. The van der Waals surface area contributed by atoms with Crippen LogP contribution in [-0.2, 0) is 10.9 Å². The van der Waals surface area contributed by atoms with Crippen LogP contribution in [0.1, 0.15) is 22.5 Å². The summed E-state index contributed by atoms with van der Waals surface area (Å²) in [5.41, 5.74) is -1.52. The van der Waals surface area contributed by atoms with Crippen LogP contribution < -0.4 is 0 Å². The standard InChI is InChI=1S/C15H18F3N3O2/c1-20-7-8-23-12-4-6-21(9-11(12)20)14(22)10-3-2-5-19-13(10)15(16,17)18/h2-3,5,11-12H,4,6-9H2,1H3/t11-,12+/m0/s1. The van der Waals surface area contributed by atoms with Crippen LogP contribution in [0.3, 0.4) is 0 Å². The molecule has 5 nitrogen and oxygen atoms in total. The predicted molar refractivity (Wildman–Crippen MR) is 75.9 cm³/mol. The van der Waals surface area contributed by atoms with Gasteiger partial charge in [0, 0.05) is 25.8 Å². The van der Waals surface area contributed by atoms with E-state index in [1.54, 1.807) is 0 Å². The number of likely N-dealkylation sites (N-methyl/N-ethyl adjacent to an activating group) is 1. The van der Waals surface area contributed by atoms with E-state index in [9.17, 15) is 18.0 Å². The number of piperidine rings is 1. The Morgan fingerprint density at radius 2 is 2.17 bits per heavy atom. The van der Waals surface area contributed by atoms with Crippen molar-refractivity contribution in [3.8, 4) is 0 Å². The average molecular weight is 329 g/mol. The lowest BCUT2D eigenvalue weighted by Crippen LogP contribution is -2.59. The average Bonchev–Trinajstić information content (AvgIpc) is 2.53. The fourth-order valence-electron chi connectivity index (χ4n) is 3.20. The Kier molecular flexibility index (Phi) is 4.29. The molecule has 126 valence electrons. The van der Waals surface area contributed by atoms with Crippen LogP contribution in [0.25, 0.3) is 0 Å². The Bertz CT molecular complexity index is 594. The molecule has 0 unspecified atom stereocenters. The van der Waals surface area contributed by atoms with Crippen LogP contribution >= 0.6 is 0 Å². The minimum absolute atomic E-state index is 0.0208. The normalized spacial score (nSPS) is 26.0. The minimum Gasteiger partial charge on any atom is -0.375 e. The van der Waals surface area contributed by atoms with E-state index in [-0.39, 0.29) is 12.1 Å². The first-order valence-electron chi connectivity index (χ1n) is 7.51. The molecule has 0 bridgehead atoms. The summed E-state index contributed by atoms with van der Waals surface area (Å²) in [6.45, 7) is 2.16. The lowest BCUT2D eigenvalue weighted by atomic mass is 9.98. The van der Waals surface area contributed by atoms with Gasteiger partial charge in [0.05, 0.1) is 24.3 Å². The molecular weight excluding hydrogens is 311 g/mol. The number of likely N-dealkylation sites (tertiary alicyclic amines) is 1. The summed E-state index contributed by atoms with van der Waals surface area (Å²) in [4.78, 5) is 19.5. The predicted octanol–water partition coefficient (Wildman–Crippen LogP) is 1.65. The number of alkyl halides is 3. The molecule has 2 atom stereocenters. The second kappa shape index (κ2) is 6.09. The van der Waals surface area contributed by atoms with Gasteiger partial charge in [0.2, 0.25) is 0 Å². The zero-order valence-electron chi connectivity index (χ0n) is 12.7. The van der Waals surface area contributed by atoms with Crippen molar-refractivity contribution in [2.24, 2.45) is 0 Å². The number of nitrogens with zero attached hydrogens (tertiary/aromatic N) is 3. The van der Waals surface area contributed by atoms with Crippen molar-refractivity contribution in [3.05, 3.63) is 29.6 Å². The largest absolute Gasteiger partial charge is 0.434 e. The SMILES string of the molecule is CN1CCO[C@@H]2CCN(C(=O)c3cccnc3C(F)(F)F)C[C@@H]21. The number of aromatic nitrogens is 1. The van der Waals surface area contributed by atoms with Gasteiger partial charge < -0.3 is 9.64 Å². The molecular formula is C15H18F3N3O2. The molecule has 2 aliphatic heterocycles. The third kappa shape index (κ3) is 3.18. The van der Waals surface area contributed by atoms with E-state index in [0.717, 1.165) is 12.7 Å². The second-order valence-corrected chi connectivity index (χ2v) is 5.89. The molecule has 8 heteroatoms. The van der Waals surface area contributed by atoms with Gasteiger partial charge in [-0.2, -0.15) is 13.2 Å². The number of ether oxygens (including phenoxy) is 1. The number of carbonyl (C=O) groups excluding carboxylic acids is 1. The van der Waals surface area contributed by atoms with Crippen molar-refractivity contribution in [1.82, 2.24) is 14.8 Å². The molecule has 0 N–H and O–H groups in total. The van der Waals surface area contributed by atoms with Crippen molar-refractivity contribution < 1.29 is 22.7 Å². The van der Waals surface area contributed by atoms with Gasteiger partial charge in [-0.1, -0.05) is 0 Å². The molecule has 1 aromatic rings. The topological polar surface area (TPSA) is 45.7 Å². The molecule has 3 rings (SSSR count). The van der Waals surface area contributed by atoms with E-state index >= 15 is 0 Å². The summed E-state index contributed by atoms with van der Waals surface area (Å²) in [7, 11) is 1.94. The third-order valence-corrected chi connectivity index (χ3v) is 4.46. The van der Waals surface area contributed by atoms with Gasteiger partial charge >= 0.3 is 6.18 Å². The van der Waals surface area contributed by atoms with Gasteiger partial charge in [0.15, 0.2) is 5.69 Å². The Balaban J connectivity index is 1.82. The van der Waals surface area contributed by atoms with Gasteiger partial charge in [0.25, 0.3) is 5.91 Å². The Morgan fingerprint density at radius 3 is 2.91 bits per heavy atom. The van der Waals surface area contributed by atoms with E-state index in [1.807, 2.05) is 7.05 Å². The molecule has 0 radical (unpaired) electrons. The number of hydrogen-bond acceptors (Lipinski definition) is 4. The van der Waals surface area contributed by atoms with Gasteiger partial charge in [-0.05, 0) is 25.6 Å². The molecule has 0 saturated carbocycles. The van der Waals surface area contributed by atoms with Crippen LogP contribution in [0.5, 0.6) is 0 Å². The van der Waals surface area contributed by atoms with E-state index in [2.05, 4.69) is 9.88 Å². The Hall–Kier alpha value is -1.67. The maximum absolute atomic E-state index is 13.0. The summed E-state index contributed by atoms with van der Waals surface area (Å²) in [6.07, 6.45) is -2.93. The number of amides is 1. The lowest BCUT2D eigenvalue weighted by molar-refractivity contribution is -0.141. The van der Waals surface area contributed by atoms with E-state index in [4.69, 9.17) is 4.74 Å². The molecule has 23 heavy (non-hydrogen) atoms. The second-order valence-electron chi connectivity index (χ2n) is 5.89. The first kappa shape index (κ1) is 16.2. The van der Waals surface area contributed by atoms with Crippen LogP contribution in [0.2, 0.25) is 0 Å². The van der Waals surface area contributed by atoms with Crippen LogP contribution in [0, 0.1) is 0 Å². The fraction of sp³-hybridized carbons (Fsp3) is 0.600. The number of hydrogen-bond donors (Lipinski definition) is 0. The smallest absolute Gasteiger partial charge is 0.375 e. The highest BCUT2D eigenvalue weighted by atomic mass is 19.4. The number of halogens is 3. The lowest BCUT2D eigenvalue weighted by Gasteiger charge is -2.45. The van der Waals surface area contributed by atoms with Crippen molar-refractivity contribution in [1.29, 1.82) is 0 Å². The molecule has 3 heterocycles. The van der Waals surface area contributed by atoms with Gasteiger partial charge in [-0.15, -0.1) is 0 Å².